The molecular weight excluding hydrogens is 358 g/mol. The minimum atomic E-state index is -0.211. The summed E-state index contributed by atoms with van der Waals surface area (Å²) >= 11 is 0. The molecule has 0 saturated carbocycles. The monoisotopic (exact) mass is 389 g/mol. The number of ether oxygens (including phenoxy) is 4. The summed E-state index contributed by atoms with van der Waals surface area (Å²) in [4.78, 5) is 16.9. The molecule has 2 N–H and O–H groups in total. The van der Waals surface area contributed by atoms with Gasteiger partial charge in [0, 0.05) is 41.5 Å². The van der Waals surface area contributed by atoms with Gasteiger partial charge in [0.15, 0.2) is 0 Å². The molecule has 0 aliphatic carbocycles. The minimum Gasteiger partial charge on any atom is -0.395 e. The number of aliphatic hydroxyl groups excluding tert-OH is 2. The van der Waals surface area contributed by atoms with Crippen molar-refractivity contribution < 1.29 is 29.2 Å². The molecule has 1 heterocycles. The van der Waals surface area contributed by atoms with E-state index in [4.69, 9.17) is 18.9 Å². The fourth-order valence-corrected chi connectivity index (χ4v) is 2.43. The highest BCUT2D eigenvalue weighted by atomic mass is 16.5. The molecule has 0 atom stereocenters. The highest BCUT2D eigenvalue weighted by molar-refractivity contribution is 5.39. The van der Waals surface area contributed by atoms with E-state index in [2.05, 4.69) is 15.0 Å². The third-order valence-electron chi connectivity index (χ3n) is 3.61. The van der Waals surface area contributed by atoms with Crippen molar-refractivity contribution >= 4 is 11.9 Å². The van der Waals surface area contributed by atoms with Crippen LogP contribution in [0.5, 0.6) is 0 Å². The molecule has 0 aromatic carbocycles. The first-order valence-corrected chi connectivity index (χ1v) is 8.58. The summed E-state index contributed by atoms with van der Waals surface area (Å²) in [6.07, 6.45) is 0. The molecule has 0 amide bonds. The largest absolute Gasteiger partial charge is 0.395 e. The van der Waals surface area contributed by atoms with E-state index in [1.165, 1.54) is 0 Å². The molecule has 1 rings (SSSR count). The number of hydrogen-bond donors (Lipinski definition) is 2. The number of methoxy groups -OCH3 is 4. The lowest BCUT2D eigenvalue weighted by atomic mass is 10.1. The van der Waals surface area contributed by atoms with Crippen LogP contribution in [0.3, 0.4) is 0 Å². The van der Waals surface area contributed by atoms with Crippen LogP contribution in [0.2, 0.25) is 0 Å². The van der Waals surface area contributed by atoms with Gasteiger partial charge >= 0.3 is 0 Å². The van der Waals surface area contributed by atoms with Gasteiger partial charge in [0.05, 0.1) is 32.3 Å². The summed E-state index contributed by atoms with van der Waals surface area (Å²) in [7, 11) is 6.29. The third-order valence-corrected chi connectivity index (χ3v) is 3.61. The van der Waals surface area contributed by atoms with Crippen LogP contribution in [-0.2, 0) is 18.9 Å². The third kappa shape index (κ3) is 7.48. The van der Waals surface area contributed by atoms with Gasteiger partial charge in [-0.3, -0.25) is 0 Å². The van der Waals surface area contributed by atoms with E-state index in [0.29, 0.717) is 44.0 Å². The summed E-state index contributed by atoms with van der Waals surface area (Å²) in [5.41, 5.74) is 0. The smallest absolute Gasteiger partial charge is 0.232 e. The molecular formula is C16H31N5O6. The zero-order valence-corrected chi connectivity index (χ0v) is 16.5. The maximum absolute atomic E-state index is 9.35. The van der Waals surface area contributed by atoms with E-state index >= 15 is 0 Å². The zero-order chi connectivity index (χ0) is 20.1. The molecule has 0 bridgehead atoms. The molecule has 27 heavy (non-hydrogen) atoms. The average molecular weight is 389 g/mol. The molecule has 1 aromatic rings. The Morgan fingerprint density at radius 3 is 1.52 bits per heavy atom. The van der Waals surface area contributed by atoms with Gasteiger partial charge in [0.25, 0.3) is 0 Å². The number of rotatable bonds is 15. The lowest BCUT2D eigenvalue weighted by molar-refractivity contribution is 0.113. The van der Waals surface area contributed by atoms with Gasteiger partial charge in [-0.05, 0) is 0 Å². The molecule has 156 valence electrons. The van der Waals surface area contributed by atoms with Crippen molar-refractivity contribution in [3.63, 3.8) is 0 Å². The lowest BCUT2D eigenvalue weighted by Gasteiger charge is -2.26. The second-order valence-electron chi connectivity index (χ2n) is 5.71. The number of aliphatic hydroxyl groups is 2. The second kappa shape index (κ2) is 13.5. The van der Waals surface area contributed by atoms with Crippen LogP contribution in [-0.4, -0.2) is 107 Å². The highest BCUT2D eigenvalue weighted by Gasteiger charge is 2.22. The Morgan fingerprint density at radius 1 is 0.741 bits per heavy atom. The summed E-state index contributed by atoms with van der Waals surface area (Å²) in [6.45, 7) is 1.55. The first-order chi connectivity index (χ1) is 13.1. The van der Waals surface area contributed by atoms with E-state index in [1.54, 1.807) is 38.2 Å². The van der Waals surface area contributed by atoms with Gasteiger partial charge in [0.1, 0.15) is 19.3 Å². The fraction of sp³-hybridized carbons (Fsp3) is 0.812. The molecule has 0 unspecified atom stereocenters. The molecule has 0 aliphatic rings. The Kier molecular flexibility index (Phi) is 11.7. The van der Waals surface area contributed by atoms with Crippen LogP contribution in [0, 0.1) is 0 Å². The van der Waals surface area contributed by atoms with E-state index in [9.17, 15) is 10.2 Å². The highest BCUT2D eigenvalue weighted by Crippen LogP contribution is 2.20. The van der Waals surface area contributed by atoms with Gasteiger partial charge in [-0.25, -0.2) is 0 Å². The predicted molar refractivity (Wildman–Crippen MR) is 98.9 cm³/mol. The number of aromatic nitrogens is 3. The molecule has 1 aromatic heterocycles. The average Bonchev–Trinajstić information content (AvgIpc) is 2.67. The van der Waals surface area contributed by atoms with Crippen LogP contribution in [0.1, 0.15) is 11.7 Å². The maximum atomic E-state index is 9.35. The Labute approximate surface area is 159 Å². The number of nitrogens with zero attached hydrogens (tertiary/aromatic N) is 5. The lowest BCUT2D eigenvalue weighted by Crippen LogP contribution is -2.35. The molecule has 0 fully saturated rings. The number of hydrogen-bond acceptors (Lipinski definition) is 11. The van der Waals surface area contributed by atoms with Crippen molar-refractivity contribution in [2.24, 2.45) is 0 Å². The Hall–Kier alpha value is -1.63. The van der Waals surface area contributed by atoms with Crippen molar-refractivity contribution in [3.05, 3.63) is 5.82 Å². The van der Waals surface area contributed by atoms with E-state index in [1.807, 2.05) is 0 Å². The second-order valence-corrected chi connectivity index (χ2v) is 5.71. The fourth-order valence-electron chi connectivity index (χ4n) is 2.43. The summed E-state index contributed by atoms with van der Waals surface area (Å²) < 4.78 is 20.9. The Bertz CT molecular complexity index is 422. The van der Waals surface area contributed by atoms with E-state index in [-0.39, 0.29) is 32.6 Å². The van der Waals surface area contributed by atoms with Gasteiger partial charge in [-0.1, -0.05) is 0 Å². The van der Waals surface area contributed by atoms with Crippen LogP contribution in [0.25, 0.3) is 0 Å². The maximum Gasteiger partial charge on any atom is 0.232 e. The summed E-state index contributed by atoms with van der Waals surface area (Å²) in [5.74, 6) is 0.971. The summed E-state index contributed by atoms with van der Waals surface area (Å²) in [6, 6.07) is 0. The van der Waals surface area contributed by atoms with Gasteiger partial charge < -0.3 is 39.0 Å². The minimum absolute atomic E-state index is 0.0856. The van der Waals surface area contributed by atoms with Crippen LogP contribution in [0.4, 0.5) is 11.9 Å². The molecule has 0 aliphatic heterocycles. The van der Waals surface area contributed by atoms with Gasteiger partial charge in [-0.2, -0.15) is 15.0 Å². The normalized spacial score (nSPS) is 11.2. The quantitative estimate of drug-likeness (QED) is 0.361. The summed E-state index contributed by atoms with van der Waals surface area (Å²) in [5, 5.41) is 18.7. The van der Waals surface area contributed by atoms with Crippen molar-refractivity contribution in [1.29, 1.82) is 0 Å². The standard InChI is InChI=1S/C16H31N5O6/c1-24-9-13(10-25-2)14-17-15(20(5-7-22)11-26-3)19-16(18-14)21(6-8-23)12-27-4/h13,22-23H,5-12H2,1-4H3. The van der Waals surface area contributed by atoms with Crippen molar-refractivity contribution in [2.75, 3.05) is 91.2 Å². The predicted octanol–water partition coefficient (Wildman–Crippen LogP) is -0.947. The van der Waals surface area contributed by atoms with Crippen LogP contribution < -0.4 is 9.80 Å². The molecule has 0 saturated heterocycles. The van der Waals surface area contributed by atoms with Crippen LogP contribution >= 0.6 is 0 Å². The first-order valence-electron chi connectivity index (χ1n) is 8.58. The van der Waals surface area contributed by atoms with Crippen molar-refractivity contribution in [3.8, 4) is 0 Å². The molecule has 0 radical (unpaired) electrons. The van der Waals surface area contributed by atoms with Gasteiger partial charge in [0.2, 0.25) is 11.9 Å². The van der Waals surface area contributed by atoms with Crippen molar-refractivity contribution in [2.45, 2.75) is 5.92 Å². The molecule has 11 heteroatoms. The topological polar surface area (TPSA) is 123 Å². The first kappa shape index (κ1) is 23.4. The Morgan fingerprint density at radius 2 is 1.19 bits per heavy atom. The zero-order valence-electron chi connectivity index (χ0n) is 16.5. The van der Waals surface area contributed by atoms with Gasteiger partial charge in [-0.15, -0.1) is 0 Å². The molecule has 11 nitrogen and oxygen atoms in total. The van der Waals surface area contributed by atoms with E-state index in [0.717, 1.165) is 0 Å². The number of anilines is 2. The van der Waals surface area contributed by atoms with Crippen molar-refractivity contribution in [1.82, 2.24) is 15.0 Å². The SMILES string of the molecule is COCC(COC)c1nc(N(CCO)COC)nc(N(CCO)COC)n1. The van der Waals surface area contributed by atoms with Crippen LogP contribution in [0.15, 0.2) is 0 Å². The molecule has 0 spiro atoms. The van der Waals surface area contributed by atoms with E-state index < -0.39 is 0 Å². The Balaban J connectivity index is 3.38.